The zero-order valence-corrected chi connectivity index (χ0v) is 27.8. The van der Waals surface area contributed by atoms with Gasteiger partial charge < -0.3 is 14.4 Å². The minimum atomic E-state index is 0.0606. The number of morpholine rings is 1. The molecule has 1 saturated carbocycles. The maximum absolute atomic E-state index is 13.9. The zero-order valence-electron chi connectivity index (χ0n) is 27.8. The molecule has 7 heteroatoms. The standard InChI is InChI=1S/C38H49N3O4/c1-25-18-26(2)34(38(44)19-25)12-13-37(43)35-21-31(30-8-9-32(39-23-30)24-41-14-16-45-17-15-41)22-36(28(35)4)40(5)33-10-6-29(7-11-33)20-27(3)42/h8-9,18,21-23,29,33H,6-7,10-17,19-20,24H2,1-5H3. The second kappa shape index (κ2) is 14.8. The monoisotopic (exact) mass is 611 g/mol. The Hall–Kier alpha value is -3.42. The van der Waals surface area contributed by atoms with E-state index in [0.717, 1.165) is 103 Å². The zero-order chi connectivity index (χ0) is 32.1. The van der Waals surface area contributed by atoms with Crippen LogP contribution < -0.4 is 4.90 Å². The number of allylic oxidation sites excluding steroid dienone is 4. The predicted molar refractivity (Wildman–Crippen MR) is 180 cm³/mol. The Labute approximate surface area is 268 Å². The van der Waals surface area contributed by atoms with Crippen LogP contribution in [-0.2, 0) is 20.9 Å². The van der Waals surface area contributed by atoms with Gasteiger partial charge in [-0.15, -0.1) is 0 Å². The fraction of sp³-hybridized carbons (Fsp3) is 0.526. The number of carbonyl (C=O) groups is 3. The van der Waals surface area contributed by atoms with Crippen LogP contribution in [-0.4, -0.2) is 66.6 Å². The average Bonchev–Trinajstić information content (AvgIpc) is 3.01. The van der Waals surface area contributed by atoms with Gasteiger partial charge in [-0.1, -0.05) is 17.7 Å². The third-order valence-corrected chi connectivity index (χ3v) is 9.97. The molecule has 0 radical (unpaired) electrons. The van der Waals surface area contributed by atoms with Crippen LogP contribution in [0.4, 0.5) is 5.69 Å². The van der Waals surface area contributed by atoms with Gasteiger partial charge in [0.25, 0.3) is 0 Å². The Morgan fingerprint density at radius 1 is 1.02 bits per heavy atom. The first-order valence-corrected chi connectivity index (χ1v) is 16.6. The molecule has 1 saturated heterocycles. The van der Waals surface area contributed by atoms with Crippen molar-refractivity contribution in [2.24, 2.45) is 5.92 Å². The summed E-state index contributed by atoms with van der Waals surface area (Å²) in [5.74, 6) is 0.938. The second-order valence-electron chi connectivity index (χ2n) is 13.5. The molecule has 1 aliphatic heterocycles. The molecule has 45 heavy (non-hydrogen) atoms. The largest absolute Gasteiger partial charge is 0.379 e. The van der Waals surface area contributed by atoms with Crippen LogP contribution in [0.5, 0.6) is 0 Å². The third kappa shape index (κ3) is 8.25. The van der Waals surface area contributed by atoms with Crippen molar-refractivity contribution in [2.45, 2.75) is 91.6 Å². The van der Waals surface area contributed by atoms with Gasteiger partial charge in [-0.05, 0) is 106 Å². The molecule has 3 aliphatic rings. The Morgan fingerprint density at radius 3 is 2.40 bits per heavy atom. The smallest absolute Gasteiger partial charge is 0.163 e. The Kier molecular flexibility index (Phi) is 10.8. The van der Waals surface area contributed by atoms with E-state index in [9.17, 15) is 14.4 Å². The molecule has 2 heterocycles. The minimum Gasteiger partial charge on any atom is -0.379 e. The molecule has 0 unspecified atom stereocenters. The highest BCUT2D eigenvalue weighted by Gasteiger charge is 2.27. The second-order valence-corrected chi connectivity index (χ2v) is 13.5. The van der Waals surface area contributed by atoms with E-state index in [1.807, 2.05) is 26.1 Å². The number of Topliss-reactive ketones (excluding diaryl/α,β-unsaturated/α-hetero) is 3. The molecule has 1 aromatic heterocycles. The normalized spacial score (nSPS) is 21.1. The lowest BCUT2D eigenvalue weighted by molar-refractivity contribution is -0.118. The molecule has 2 aromatic rings. The van der Waals surface area contributed by atoms with Gasteiger partial charge in [0.2, 0.25) is 0 Å². The van der Waals surface area contributed by atoms with Crippen LogP contribution in [0.15, 0.2) is 53.3 Å². The Balaban J connectivity index is 1.41. The highest BCUT2D eigenvalue weighted by atomic mass is 16.5. The number of carbonyl (C=O) groups excluding carboxylic acids is 3. The van der Waals surface area contributed by atoms with Crippen molar-refractivity contribution in [3.63, 3.8) is 0 Å². The molecular formula is C38H49N3O4. The number of aromatic nitrogens is 1. The fourth-order valence-electron chi connectivity index (χ4n) is 7.34. The summed E-state index contributed by atoms with van der Waals surface area (Å²) < 4.78 is 5.49. The van der Waals surface area contributed by atoms with E-state index in [-0.39, 0.29) is 17.3 Å². The molecule has 0 N–H and O–H groups in total. The van der Waals surface area contributed by atoms with Crippen LogP contribution in [0, 0.1) is 12.8 Å². The summed E-state index contributed by atoms with van der Waals surface area (Å²) in [6.07, 6.45) is 10.0. The van der Waals surface area contributed by atoms with Crippen molar-refractivity contribution in [3.8, 4) is 11.1 Å². The molecule has 240 valence electrons. The number of ether oxygens (including phenoxy) is 1. The topological polar surface area (TPSA) is 79.8 Å². The minimum absolute atomic E-state index is 0.0606. The van der Waals surface area contributed by atoms with E-state index in [1.54, 1.807) is 6.92 Å². The van der Waals surface area contributed by atoms with Crippen molar-refractivity contribution in [3.05, 3.63) is 70.1 Å². The fourth-order valence-corrected chi connectivity index (χ4v) is 7.34. The number of anilines is 1. The molecule has 2 fully saturated rings. The van der Waals surface area contributed by atoms with Crippen LogP contribution in [0.3, 0.4) is 0 Å². The lowest BCUT2D eigenvalue weighted by Crippen LogP contribution is -2.36. The molecule has 2 aliphatic carbocycles. The Morgan fingerprint density at radius 2 is 1.76 bits per heavy atom. The molecule has 0 bridgehead atoms. The van der Waals surface area contributed by atoms with Crippen molar-refractivity contribution in [1.29, 1.82) is 0 Å². The molecule has 5 rings (SSSR count). The lowest BCUT2D eigenvalue weighted by atomic mass is 9.82. The maximum Gasteiger partial charge on any atom is 0.163 e. The van der Waals surface area contributed by atoms with Gasteiger partial charge in [-0.3, -0.25) is 19.5 Å². The maximum atomic E-state index is 13.9. The number of benzene rings is 1. The van der Waals surface area contributed by atoms with E-state index < -0.39 is 0 Å². The average molecular weight is 612 g/mol. The first kappa shape index (κ1) is 33.0. The summed E-state index contributed by atoms with van der Waals surface area (Å²) in [6, 6.07) is 8.78. The number of pyridine rings is 1. The van der Waals surface area contributed by atoms with E-state index in [2.05, 4.69) is 48.0 Å². The third-order valence-electron chi connectivity index (χ3n) is 9.97. The van der Waals surface area contributed by atoms with Gasteiger partial charge in [-0.25, -0.2) is 0 Å². The van der Waals surface area contributed by atoms with Gasteiger partial charge in [0.1, 0.15) is 5.78 Å². The summed E-state index contributed by atoms with van der Waals surface area (Å²) >= 11 is 0. The number of rotatable bonds is 11. The van der Waals surface area contributed by atoms with Crippen molar-refractivity contribution in [1.82, 2.24) is 9.88 Å². The highest BCUT2D eigenvalue weighted by molar-refractivity contribution is 6.03. The summed E-state index contributed by atoms with van der Waals surface area (Å²) in [5, 5.41) is 0. The molecule has 0 amide bonds. The number of hydrogen-bond donors (Lipinski definition) is 0. The van der Waals surface area contributed by atoms with Crippen LogP contribution in [0.1, 0.15) is 93.8 Å². The lowest BCUT2D eigenvalue weighted by Gasteiger charge is -2.37. The highest BCUT2D eigenvalue weighted by Crippen LogP contribution is 2.37. The predicted octanol–water partition coefficient (Wildman–Crippen LogP) is 7.06. The number of hydrogen-bond acceptors (Lipinski definition) is 7. The molecule has 0 atom stereocenters. The van der Waals surface area contributed by atoms with Gasteiger partial charge in [0, 0.05) is 75.0 Å². The molecular weight excluding hydrogens is 562 g/mol. The van der Waals surface area contributed by atoms with Gasteiger partial charge >= 0.3 is 0 Å². The van der Waals surface area contributed by atoms with E-state index in [0.29, 0.717) is 43.2 Å². The van der Waals surface area contributed by atoms with Gasteiger partial charge in [0.15, 0.2) is 11.6 Å². The van der Waals surface area contributed by atoms with Gasteiger partial charge in [0.05, 0.1) is 18.9 Å². The van der Waals surface area contributed by atoms with Crippen LogP contribution >= 0.6 is 0 Å². The molecule has 1 aromatic carbocycles. The quantitative estimate of drug-likeness (QED) is 0.252. The van der Waals surface area contributed by atoms with E-state index in [4.69, 9.17) is 9.72 Å². The van der Waals surface area contributed by atoms with Crippen LogP contribution in [0.25, 0.3) is 11.1 Å². The van der Waals surface area contributed by atoms with Crippen molar-refractivity contribution >= 4 is 23.0 Å². The summed E-state index contributed by atoms with van der Waals surface area (Å²) in [5.41, 5.74) is 8.56. The summed E-state index contributed by atoms with van der Waals surface area (Å²) in [6.45, 7) is 11.8. The van der Waals surface area contributed by atoms with Crippen LogP contribution in [0.2, 0.25) is 0 Å². The molecule has 0 spiro atoms. The van der Waals surface area contributed by atoms with E-state index >= 15 is 0 Å². The number of ketones is 3. The molecule has 7 nitrogen and oxygen atoms in total. The first-order valence-electron chi connectivity index (χ1n) is 16.6. The SMILES string of the molecule is CC(=O)CC1CCC(N(C)c2cc(-c3ccc(CN4CCOCC4)nc3)cc(C(=O)CCC3=C(C)C=C(C)CC3=O)c2C)CC1. The van der Waals surface area contributed by atoms with Gasteiger partial charge in [-0.2, -0.15) is 0 Å². The Bertz CT molecular complexity index is 1480. The van der Waals surface area contributed by atoms with Crippen molar-refractivity contribution in [2.75, 3.05) is 38.3 Å². The first-order chi connectivity index (χ1) is 21.6. The summed E-state index contributed by atoms with van der Waals surface area (Å²) in [4.78, 5) is 47.9. The summed E-state index contributed by atoms with van der Waals surface area (Å²) in [7, 11) is 2.14. The van der Waals surface area contributed by atoms with Crippen molar-refractivity contribution < 1.29 is 19.1 Å². The number of nitrogens with zero attached hydrogens (tertiary/aromatic N) is 3. The van der Waals surface area contributed by atoms with E-state index in [1.165, 1.54) is 0 Å².